The number of rotatable bonds is 11. The smallest absolute Gasteiger partial charge is 0.207 e. The number of nitrogens with one attached hydrogen (secondary N) is 2. The summed E-state index contributed by atoms with van der Waals surface area (Å²) in [6, 6.07) is 20.6. The quantitative estimate of drug-likeness (QED) is 0.168. The van der Waals surface area contributed by atoms with Crippen LogP contribution in [0, 0.1) is 12.7 Å². The number of aryl methyl sites for hydroxylation is 2. The third kappa shape index (κ3) is 6.91. The fourth-order valence-electron chi connectivity index (χ4n) is 4.49. The first kappa shape index (κ1) is 26.3. The number of nitrogens with zero attached hydrogens (tertiary/aromatic N) is 1. The zero-order valence-electron chi connectivity index (χ0n) is 21.6. The molecule has 0 bridgehead atoms. The Bertz CT molecular complexity index is 1360. The topological polar surface area (TPSA) is 54.0 Å². The van der Waals surface area contributed by atoms with Gasteiger partial charge in [0.1, 0.15) is 17.3 Å². The molecule has 0 saturated carbocycles. The van der Waals surface area contributed by atoms with E-state index in [4.69, 9.17) is 4.98 Å². The first-order valence-electron chi connectivity index (χ1n) is 12.6. The van der Waals surface area contributed by atoms with E-state index in [1.807, 2.05) is 49.4 Å². The highest BCUT2D eigenvalue weighted by atomic mass is 19.1. The predicted molar refractivity (Wildman–Crippen MR) is 147 cm³/mol. The van der Waals surface area contributed by atoms with Crippen molar-refractivity contribution in [2.24, 2.45) is 0 Å². The second-order valence-electron chi connectivity index (χ2n) is 9.97. The highest BCUT2D eigenvalue weighted by Gasteiger charge is 2.18. The molecular weight excluding hydrogens is 468 g/mol. The van der Waals surface area contributed by atoms with Crippen molar-refractivity contribution in [2.75, 3.05) is 11.9 Å². The van der Waals surface area contributed by atoms with Crippen molar-refractivity contribution in [3.8, 4) is 11.1 Å². The number of hydrogen-bond acceptors (Lipinski definition) is 3. The number of carbonyl (C=O) groups is 1. The van der Waals surface area contributed by atoms with Crippen LogP contribution in [0.1, 0.15) is 48.9 Å². The Morgan fingerprint density at radius 1 is 0.946 bits per heavy atom. The lowest BCUT2D eigenvalue weighted by Gasteiger charge is -2.16. The number of pyridine rings is 1. The van der Waals surface area contributed by atoms with E-state index in [1.165, 1.54) is 6.07 Å². The zero-order valence-corrected chi connectivity index (χ0v) is 21.6. The molecule has 3 aromatic carbocycles. The first-order valence-corrected chi connectivity index (χ1v) is 12.6. The van der Waals surface area contributed by atoms with Gasteiger partial charge in [0, 0.05) is 18.5 Å². The monoisotopic (exact) mass is 501 g/mol. The first-order chi connectivity index (χ1) is 17.7. The summed E-state index contributed by atoms with van der Waals surface area (Å²) in [5.41, 5.74) is 4.97. The molecule has 0 fully saturated rings. The van der Waals surface area contributed by atoms with E-state index in [9.17, 15) is 13.6 Å². The van der Waals surface area contributed by atoms with Gasteiger partial charge in [-0.1, -0.05) is 36.4 Å². The summed E-state index contributed by atoms with van der Waals surface area (Å²) in [6.07, 6.45) is 3.31. The van der Waals surface area contributed by atoms with Crippen LogP contribution in [-0.4, -0.2) is 17.9 Å². The molecule has 1 amide bonds. The van der Waals surface area contributed by atoms with Crippen LogP contribution in [0.15, 0.2) is 66.7 Å². The number of halogens is 2. The normalized spacial score (nSPS) is 11.5. The van der Waals surface area contributed by atoms with Gasteiger partial charge in [-0.3, -0.25) is 4.79 Å². The molecule has 0 aliphatic rings. The number of unbranched alkanes of at least 4 members (excludes halogenated alkanes) is 1. The molecule has 4 nitrogen and oxygen atoms in total. The zero-order chi connectivity index (χ0) is 26.4. The van der Waals surface area contributed by atoms with Gasteiger partial charge in [0.2, 0.25) is 6.41 Å². The highest BCUT2D eigenvalue weighted by molar-refractivity contribution is 5.88. The van der Waals surface area contributed by atoms with Crippen LogP contribution in [-0.2, 0) is 23.4 Å². The third-order valence-corrected chi connectivity index (χ3v) is 6.48. The van der Waals surface area contributed by atoms with Crippen LogP contribution >= 0.6 is 0 Å². The fraction of sp³-hybridized carbons (Fsp3) is 0.290. The number of fused-ring (bicyclic) bond motifs is 1. The minimum Gasteiger partial charge on any atom is -0.366 e. The summed E-state index contributed by atoms with van der Waals surface area (Å²) < 4.78 is 28.2. The third-order valence-electron chi connectivity index (χ3n) is 6.48. The Kier molecular flexibility index (Phi) is 8.17. The Morgan fingerprint density at radius 3 is 2.43 bits per heavy atom. The average Bonchev–Trinajstić information content (AvgIpc) is 2.86. The fourth-order valence-corrected chi connectivity index (χ4v) is 4.49. The number of hydrogen-bond donors (Lipinski definition) is 2. The lowest BCUT2D eigenvalue weighted by atomic mass is 9.97. The van der Waals surface area contributed by atoms with E-state index in [0.717, 1.165) is 70.2 Å². The number of alkyl halides is 1. The van der Waals surface area contributed by atoms with Gasteiger partial charge in [-0.15, -0.1) is 0 Å². The van der Waals surface area contributed by atoms with E-state index in [2.05, 4.69) is 22.8 Å². The maximum absolute atomic E-state index is 14.2. The molecule has 2 N–H and O–H groups in total. The van der Waals surface area contributed by atoms with Crippen LogP contribution in [0.5, 0.6) is 0 Å². The summed E-state index contributed by atoms with van der Waals surface area (Å²) in [4.78, 5) is 15.4. The average molecular weight is 502 g/mol. The SMILES string of the molecule is Cc1cc(F)cc(-c2ccc3nc(NCc4ccc(C(C)(C)F)cc4)cc(CCCCNC=O)c3c2)c1. The number of aromatic nitrogens is 1. The van der Waals surface area contributed by atoms with E-state index < -0.39 is 5.67 Å². The van der Waals surface area contributed by atoms with Gasteiger partial charge in [-0.2, -0.15) is 0 Å². The summed E-state index contributed by atoms with van der Waals surface area (Å²) in [6.45, 7) is 6.19. The van der Waals surface area contributed by atoms with E-state index in [-0.39, 0.29) is 5.82 Å². The van der Waals surface area contributed by atoms with Crippen LogP contribution in [0.3, 0.4) is 0 Å². The minimum absolute atomic E-state index is 0.251. The highest BCUT2D eigenvalue weighted by Crippen LogP contribution is 2.30. The van der Waals surface area contributed by atoms with Crippen molar-refractivity contribution in [3.63, 3.8) is 0 Å². The summed E-state index contributed by atoms with van der Waals surface area (Å²) >= 11 is 0. The lowest BCUT2D eigenvalue weighted by molar-refractivity contribution is -0.109. The van der Waals surface area contributed by atoms with Gasteiger partial charge in [-0.25, -0.2) is 13.8 Å². The van der Waals surface area contributed by atoms with Gasteiger partial charge in [0.05, 0.1) is 5.52 Å². The van der Waals surface area contributed by atoms with Crippen molar-refractivity contribution in [3.05, 3.63) is 94.8 Å². The summed E-state index contributed by atoms with van der Waals surface area (Å²) in [5.74, 6) is 0.511. The molecule has 0 aliphatic heterocycles. The van der Waals surface area contributed by atoms with Gasteiger partial charge in [0.15, 0.2) is 0 Å². The molecule has 4 rings (SSSR count). The maximum Gasteiger partial charge on any atom is 0.207 e. The second kappa shape index (κ2) is 11.5. The molecule has 0 aliphatic carbocycles. The molecular formula is C31H33F2N3O. The van der Waals surface area contributed by atoms with Crippen LogP contribution in [0.4, 0.5) is 14.6 Å². The predicted octanol–water partition coefficient (Wildman–Crippen LogP) is 7.23. The Balaban J connectivity index is 1.61. The van der Waals surface area contributed by atoms with Crippen LogP contribution in [0.2, 0.25) is 0 Å². The molecule has 0 spiro atoms. The number of carbonyl (C=O) groups excluding carboxylic acids is 1. The minimum atomic E-state index is -1.37. The number of amides is 1. The molecule has 1 heterocycles. The van der Waals surface area contributed by atoms with Gasteiger partial charge in [-0.05, 0) is 104 Å². The summed E-state index contributed by atoms with van der Waals surface area (Å²) in [7, 11) is 0. The van der Waals surface area contributed by atoms with Crippen molar-refractivity contribution in [1.29, 1.82) is 0 Å². The largest absolute Gasteiger partial charge is 0.366 e. The summed E-state index contributed by atoms with van der Waals surface area (Å²) in [5, 5.41) is 7.15. The molecule has 1 aromatic heterocycles. The van der Waals surface area contributed by atoms with E-state index in [1.54, 1.807) is 19.9 Å². The molecule has 37 heavy (non-hydrogen) atoms. The molecule has 4 aromatic rings. The van der Waals surface area contributed by atoms with Gasteiger partial charge < -0.3 is 10.6 Å². The number of benzene rings is 3. The molecule has 6 heteroatoms. The standard InChI is InChI=1S/C31H33F2N3O/c1-21-14-25(16-27(32)15-21)23-9-12-29-28(17-23)24(6-4-5-13-34-20-37)18-30(36-29)35-19-22-7-10-26(11-8-22)31(2,3)33/h7-12,14-18,20H,4-6,13,19H2,1-3H3,(H,34,37)(H,35,36). The van der Waals surface area contributed by atoms with Crippen LogP contribution in [0.25, 0.3) is 22.0 Å². The molecule has 0 unspecified atom stereocenters. The van der Waals surface area contributed by atoms with Gasteiger partial charge in [0.25, 0.3) is 0 Å². The van der Waals surface area contributed by atoms with Gasteiger partial charge >= 0.3 is 0 Å². The van der Waals surface area contributed by atoms with Crippen molar-refractivity contribution < 1.29 is 13.6 Å². The molecule has 192 valence electrons. The van der Waals surface area contributed by atoms with Crippen molar-refractivity contribution in [2.45, 2.75) is 52.2 Å². The Hall–Kier alpha value is -3.80. The van der Waals surface area contributed by atoms with E-state index in [0.29, 0.717) is 18.7 Å². The van der Waals surface area contributed by atoms with Crippen molar-refractivity contribution in [1.82, 2.24) is 10.3 Å². The molecule has 0 radical (unpaired) electrons. The Labute approximate surface area is 217 Å². The molecule has 0 atom stereocenters. The lowest BCUT2D eigenvalue weighted by Crippen LogP contribution is -2.12. The Morgan fingerprint density at radius 2 is 1.73 bits per heavy atom. The van der Waals surface area contributed by atoms with Crippen molar-refractivity contribution >= 4 is 23.1 Å². The molecule has 0 saturated heterocycles. The number of anilines is 1. The maximum atomic E-state index is 14.2. The van der Waals surface area contributed by atoms with E-state index >= 15 is 0 Å². The van der Waals surface area contributed by atoms with Crippen LogP contribution < -0.4 is 10.6 Å². The second-order valence-corrected chi connectivity index (χ2v) is 9.97.